The first kappa shape index (κ1) is 13.2. The van der Waals surface area contributed by atoms with E-state index in [2.05, 4.69) is 21.7 Å². The summed E-state index contributed by atoms with van der Waals surface area (Å²) >= 11 is 0. The van der Waals surface area contributed by atoms with Crippen LogP contribution in [0.25, 0.3) is 5.69 Å². The molecule has 0 fully saturated rings. The quantitative estimate of drug-likeness (QED) is 0.835. The standard InChI is InChI=1S/C13H17N5O/c1-9-3-4-10(2)12(5-9)18-8-11(16-17-18)7-15-13(19)6-14/h3-5,8H,6-7,14H2,1-2H3,(H,15,19). The van der Waals surface area contributed by atoms with Gasteiger partial charge in [-0.3, -0.25) is 4.79 Å². The third-order valence-electron chi connectivity index (χ3n) is 2.80. The fourth-order valence-electron chi connectivity index (χ4n) is 1.72. The van der Waals surface area contributed by atoms with Crippen LogP contribution >= 0.6 is 0 Å². The average Bonchev–Trinajstić information content (AvgIpc) is 2.87. The van der Waals surface area contributed by atoms with Gasteiger partial charge < -0.3 is 11.1 Å². The summed E-state index contributed by atoms with van der Waals surface area (Å²) in [6.07, 6.45) is 1.80. The van der Waals surface area contributed by atoms with Crippen molar-refractivity contribution in [1.29, 1.82) is 0 Å². The summed E-state index contributed by atoms with van der Waals surface area (Å²) < 4.78 is 1.71. The fraction of sp³-hybridized carbons (Fsp3) is 0.308. The van der Waals surface area contributed by atoms with Crippen molar-refractivity contribution in [3.8, 4) is 5.69 Å². The van der Waals surface area contributed by atoms with E-state index < -0.39 is 0 Å². The molecule has 0 aliphatic carbocycles. The Kier molecular flexibility index (Phi) is 3.91. The smallest absolute Gasteiger partial charge is 0.234 e. The van der Waals surface area contributed by atoms with Gasteiger partial charge in [0.05, 0.1) is 25.0 Å². The summed E-state index contributed by atoms with van der Waals surface area (Å²) in [5.74, 6) is -0.207. The molecule has 1 aromatic heterocycles. The number of amides is 1. The maximum Gasteiger partial charge on any atom is 0.234 e. The first-order chi connectivity index (χ1) is 9.10. The van der Waals surface area contributed by atoms with E-state index in [1.54, 1.807) is 10.9 Å². The zero-order valence-corrected chi connectivity index (χ0v) is 11.1. The third-order valence-corrected chi connectivity index (χ3v) is 2.80. The molecule has 6 nitrogen and oxygen atoms in total. The van der Waals surface area contributed by atoms with E-state index in [1.165, 1.54) is 0 Å². The van der Waals surface area contributed by atoms with Gasteiger partial charge in [0.15, 0.2) is 0 Å². The largest absolute Gasteiger partial charge is 0.349 e. The summed E-state index contributed by atoms with van der Waals surface area (Å²) in [6.45, 7) is 4.36. The first-order valence-electron chi connectivity index (χ1n) is 6.06. The number of hydrogen-bond donors (Lipinski definition) is 2. The molecule has 0 aliphatic heterocycles. The second kappa shape index (κ2) is 5.62. The lowest BCUT2D eigenvalue weighted by atomic mass is 10.1. The summed E-state index contributed by atoms with van der Waals surface area (Å²) in [5.41, 5.74) is 9.18. The average molecular weight is 259 g/mol. The number of rotatable bonds is 4. The molecule has 0 spiro atoms. The first-order valence-corrected chi connectivity index (χ1v) is 6.06. The lowest BCUT2D eigenvalue weighted by Crippen LogP contribution is -2.29. The lowest BCUT2D eigenvalue weighted by Gasteiger charge is -2.05. The molecule has 0 saturated carbocycles. The van der Waals surface area contributed by atoms with Crippen molar-refractivity contribution in [2.45, 2.75) is 20.4 Å². The minimum absolute atomic E-state index is 0.0227. The number of nitrogens with two attached hydrogens (primary N) is 1. The van der Waals surface area contributed by atoms with Crippen LogP contribution in [0.15, 0.2) is 24.4 Å². The Morgan fingerprint density at radius 2 is 2.21 bits per heavy atom. The van der Waals surface area contributed by atoms with Crippen LogP contribution in [0.2, 0.25) is 0 Å². The molecule has 0 bridgehead atoms. The summed E-state index contributed by atoms with van der Waals surface area (Å²) in [4.78, 5) is 11.1. The van der Waals surface area contributed by atoms with Gasteiger partial charge in [-0.15, -0.1) is 5.10 Å². The van der Waals surface area contributed by atoms with Crippen LogP contribution in [-0.2, 0) is 11.3 Å². The Morgan fingerprint density at radius 1 is 1.42 bits per heavy atom. The summed E-state index contributed by atoms with van der Waals surface area (Å²) in [7, 11) is 0. The molecular weight excluding hydrogens is 242 g/mol. The van der Waals surface area contributed by atoms with E-state index in [-0.39, 0.29) is 12.5 Å². The highest BCUT2D eigenvalue weighted by atomic mass is 16.1. The van der Waals surface area contributed by atoms with Gasteiger partial charge in [0.25, 0.3) is 0 Å². The number of aromatic nitrogens is 3. The van der Waals surface area contributed by atoms with Crippen LogP contribution in [-0.4, -0.2) is 27.4 Å². The maximum atomic E-state index is 11.1. The van der Waals surface area contributed by atoms with Crippen molar-refractivity contribution >= 4 is 5.91 Å². The van der Waals surface area contributed by atoms with Crippen molar-refractivity contribution in [2.75, 3.05) is 6.54 Å². The predicted octanol–water partition coefficient (Wildman–Crippen LogP) is 0.459. The second-order valence-corrected chi connectivity index (χ2v) is 4.43. The Hall–Kier alpha value is -2.21. The number of nitrogens with zero attached hydrogens (tertiary/aromatic N) is 3. The van der Waals surface area contributed by atoms with E-state index in [9.17, 15) is 4.79 Å². The molecule has 1 amide bonds. The van der Waals surface area contributed by atoms with E-state index in [0.717, 1.165) is 16.8 Å². The van der Waals surface area contributed by atoms with Gasteiger partial charge in [-0.2, -0.15) is 0 Å². The highest BCUT2D eigenvalue weighted by Gasteiger charge is 2.06. The second-order valence-electron chi connectivity index (χ2n) is 4.43. The van der Waals surface area contributed by atoms with E-state index in [4.69, 9.17) is 5.73 Å². The number of carbonyl (C=O) groups excluding carboxylic acids is 1. The number of aryl methyl sites for hydroxylation is 2. The minimum atomic E-state index is -0.207. The molecule has 0 unspecified atom stereocenters. The van der Waals surface area contributed by atoms with Crippen molar-refractivity contribution in [3.63, 3.8) is 0 Å². The van der Waals surface area contributed by atoms with Gasteiger partial charge >= 0.3 is 0 Å². The van der Waals surface area contributed by atoms with E-state index in [0.29, 0.717) is 12.2 Å². The minimum Gasteiger partial charge on any atom is -0.349 e. The number of benzene rings is 1. The Bertz CT molecular complexity index is 590. The molecule has 6 heteroatoms. The van der Waals surface area contributed by atoms with Crippen molar-refractivity contribution in [3.05, 3.63) is 41.2 Å². The molecule has 0 radical (unpaired) electrons. The van der Waals surface area contributed by atoms with Gasteiger partial charge in [0.1, 0.15) is 5.69 Å². The SMILES string of the molecule is Cc1ccc(C)c(-n2cc(CNC(=O)CN)nn2)c1. The molecule has 0 atom stereocenters. The Labute approximate surface area is 111 Å². The fourth-order valence-corrected chi connectivity index (χ4v) is 1.72. The number of hydrogen-bond acceptors (Lipinski definition) is 4. The van der Waals surface area contributed by atoms with E-state index >= 15 is 0 Å². The molecule has 0 aliphatic rings. The highest BCUT2D eigenvalue weighted by Crippen LogP contribution is 2.14. The van der Waals surface area contributed by atoms with Crippen LogP contribution < -0.4 is 11.1 Å². The molecule has 2 rings (SSSR count). The number of carbonyl (C=O) groups is 1. The zero-order chi connectivity index (χ0) is 13.8. The molecule has 19 heavy (non-hydrogen) atoms. The molecule has 100 valence electrons. The van der Waals surface area contributed by atoms with Gasteiger partial charge in [-0.05, 0) is 31.0 Å². The normalized spacial score (nSPS) is 10.5. The molecule has 1 heterocycles. The van der Waals surface area contributed by atoms with Gasteiger partial charge in [-0.1, -0.05) is 17.3 Å². The zero-order valence-electron chi connectivity index (χ0n) is 11.1. The Balaban J connectivity index is 2.16. The van der Waals surface area contributed by atoms with Crippen molar-refractivity contribution in [2.24, 2.45) is 5.73 Å². The molecule has 1 aromatic carbocycles. The number of nitrogens with one attached hydrogen (secondary N) is 1. The third kappa shape index (κ3) is 3.17. The molecule has 2 aromatic rings. The molecule has 3 N–H and O–H groups in total. The monoisotopic (exact) mass is 259 g/mol. The Morgan fingerprint density at radius 3 is 2.95 bits per heavy atom. The molecule has 0 saturated heterocycles. The summed E-state index contributed by atoms with van der Waals surface area (Å²) in [6, 6.07) is 6.15. The van der Waals surface area contributed by atoms with Crippen LogP contribution in [0, 0.1) is 13.8 Å². The summed E-state index contributed by atoms with van der Waals surface area (Å²) in [5, 5.41) is 10.8. The van der Waals surface area contributed by atoms with Gasteiger partial charge in [0, 0.05) is 0 Å². The van der Waals surface area contributed by atoms with Crippen molar-refractivity contribution < 1.29 is 4.79 Å². The highest BCUT2D eigenvalue weighted by molar-refractivity contribution is 5.77. The van der Waals surface area contributed by atoms with Crippen LogP contribution in [0.5, 0.6) is 0 Å². The van der Waals surface area contributed by atoms with Gasteiger partial charge in [-0.25, -0.2) is 4.68 Å². The van der Waals surface area contributed by atoms with Gasteiger partial charge in [0.2, 0.25) is 5.91 Å². The maximum absolute atomic E-state index is 11.1. The van der Waals surface area contributed by atoms with Crippen LogP contribution in [0.3, 0.4) is 0 Å². The van der Waals surface area contributed by atoms with Crippen LogP contribution in [0.1, 0.15) is 16.8 Å². The molecular formula is C13H17N5O. The van der Waals surface area contributed by atoms with E-state index in [1.807, 2.05) is 26.0 Å². The predicted molar refractivity (Wildman–Crippen MR) is 71.7 cm³/mol. The van der Waals surface area contributed by atoms with Crippen LogP contribution in [0.4, 0.5) is 0 Å². The topological polar surface area (TPSA) is 85.8 Å². The van der Waals surface area contributed by atoms with Crippen molar-refractivity contribution in [1.82, 2.24) is 20.3 Å². The lowest BCUT2D eigenvalue weighted by molar-refractivity contribution is -0.119.